The van der Waals surface area contributed by atoms with Gasteiger partial charge in [0.1, 0.15) is 5.75 Å². The summed E-state index contributed by atoms with van der Waals surface area (Å²) in [7, 11) is -2.42. The van der Waals surface area contributed by atoms with Crippen molar-refractivity contribution < 1.29 is 17.9 Å². The number of benzene rings is 2. The highest BCUT2D eigenvalue weighted by molar-refractivity contribution is 7.91. The number of amides is 1. The van der Waals surface area contributed by atoms with E-state index in [1.54, 1.807) is 13.2 Å². The number of nitrogens with zero attached hydrogens (tertiary/aromatic N) is 1. The summed E-state index contributed by atoms with van der Waals surface area (Å²) in [5.74, 6) is 0.136. The van der Waals surface area contributed by atoms with Crippen LogP contribution in [0.4, 0.5) is 5.69 Å². The van der Waals surface area contributed by atoms with Crippen molar-refractivity contribution in [3.63, 3.8) is 0 Å². The van der Waals surface area contributed by atoms with Crippen molar-refractivity contribution in [2.75, 3.05) is 18.0 Å². The molecule has 0 spiro atoms. The van der Waals surface area contributed by atoms with Crippen molar-refractivity contribution in [3.8, 4) is 5.75 Å². The van der Waals surface area contributed by atoms with Crippen LogP contribution in [0.3, 0.4) is 0 Å². The van der Waals surface area contributed by atoms with Gasteiger partial charge in [-0.25, -0.2) is 4.72 Å². The minimum absolute atomic E-state index is 0.361. The van der Waals surface area contributed by atoms with Crippen LogP contribution in [0.1, 0.15) is 36.0 Å². The maximum absolute atomic E-state index is 13.1. The molecule has 7 heteroatoms. The second-order valence-corrected chi connectivity index (χ2v) is 9.07. The molecule has 0 bridgehead atoms. The van der Waals surface area contributed by atoms with E-state index >= 15 is 0 Å². The number of ether oxygens (including phenoxy) is 1. The van der Waals surface area contributed by atoms with Crippen molar-refractivity contribution in [1.29, 1.82) is 0 Å². The fourth-order valence-corrected chi connectivity index (χ4v) is 5.50. The zero-order chi connectivity index (χ0) is 19.9. The van der Waals surface area contributed by atoms with Gasteiger partial charge in [-0.1, -0.05) is 30.3 Å². The van der Waals surface area contributed by atoms with Gasteiger partial charge < -0.3 is 4.74 Å². The van der Waals surface area contributed by atoms with Gasteiger partial charge >= 0.3 is 10.2 Å². The van der Waals surface area contributed by atoms with Crippen LogP contribution in [0.15, 0.2) is 42.5 Å². The Morgan fingerprint density at radius 2 is 1.89 bits per heavy atom. The lowest BCUT2D eigenvalue weighted by molar-refractivity contribution is -0.121. The molecule has 4 rings (SSSR count). The second-order valence-electron chi connectivity index (χ2n) is 7.47. The fourth-order valence-electron chi connectivity index (χ4n) is 4.16. The summed E-state index contributed by atoms with van der Waals surface area (Å²) in [4.78, 5) is 13.1. The van der Waals surface area contributed by atoms with Crippen molar-refractivity contribution >= 4 is 21.8 Å². The molecule has 1 N–H and O–H groups in total. The van der Waals surface area contributed by atoms with E-state index < -0.39 is 21.5 Å². The molecule has 1 amide bonds. The molecule has 2 aromatic rings. The summed E-state index contributed by atoms with van der Waals surface area (Å²) in [6, 6.07) is 13.0. The van der Waals surface area contributed by atoms with Crippen molar-refractivity contribution in [1.82, 2.24) is 4.72 Å². The van der Waals surface area contributed by atoms with E-state index in [2.05, 4.69) is 4.72 Å². The number of fused-ring (bicyclic) bond motifs is 1. The first kappa shape index (κ1) is 18.8. The third-order valence-corrected chi connectivity index (χ3v) is 7.10. The second kappa shape index (κ2) is 6.81. The number of rotatable bonds is 5. The molecule has 148 valence electrons. The summed E-state index contributed by atoms with van der Waals surface area (Å²) in [5, 5.41) is 0. The Kier molecular flexibility index (Phi) is 4.57. The summed E-state index contributed by atoms with van der Waals surface area (Å²) < 4.78 is 35.3. The maximum Gasteiger partial charge on any atom is 0.326 e. The lowest BCUT2D eigenvalue weighted by atomic mass is 9.90. The number of anilines is 1. The number of carbonyl (C=O) groups excluding carboxylic acids is 1. The number of nitrogens with one attached hydrogen (secondary N) is 1. The summed E-state index contributed by atoms with van der Waals surface area (Å²) in [5.41, 5.74) is 2.48. The van der Waals surface area contributed by atoms with Crippen molar-refractivity contribution in [2.45, 2.75) is 38.0 Å². The molecule has 0 unspecified atom stereocenters. The molecule has 6 nitrogen and oxygen atoms in total. The van der Waals surface area contributed by atoms with Crippen LogP contribution >= 0.6 is 0 Å². The van der Waals surface area contributed by atoms with Gasteiger partial charge in [-0.15, -0.1) is 0 Å². The van der Waals surface area contributed by atoms with Crippen molar-refractivity contribution in [2.24, 2.45) is 0 Å². The first-order chi connectivity index (χ1) is 13.4. The Balaban J connectivity index is 1.64. The van der Waals surface area contributed by atoms with Gasteiger partial charge in [0.05, 0.1) is 18.2 Å². The van der Waals surface area contributed by atoms with Gasteiger partial charge in [0.2, 0.25) is 5.91 Å². The Labute approximate surface area is 165 Å². The van der Waals surface area contributed by atoms with Crippen LogP contribution in [-0.2, 0) is 26.8 Å². The molecule has 0 saturated heterocycles. The highest BCUT2D eigenvalue weighted by Gasteiger charge is 2.55. The predicted octanol–water partition coefficient (Wildman–Crippen LogP) is 2.85. The van der Waals surface area contributed by atoms with Gasteiger partial charge in [-0.2, -0.15) is 8.42 Å². The highest BCUT2D eigenvalue weighted by atomic mass is 32.2. The maximum atomic E-state index is 13.1. The summed E-state index contributed by atoms with van der Waals surface area (Å²) in [6.07, 6.45) is 2.77. The van der Waals surface area contributed by atoms with Crippen LogP contribution in [0.2, 0.25) is 0 Å². The van der Waals surface area contributed by atoms with Crippen LogP contribution in [0.25, 0.3) is 0 Å². The third kappa shape index (κ3) is 3.03. The molecule has 28 heavy (non-hydrogen) atoms. The summed E-state index contributed by atoms with van der Waals surface area (Å²) >= 11 is 0. The molecule has 1 aliphatic carbocycles. The minimum atomic E-state index is -3.99. The standard InChI is InChI=1S/C21H24N2O4S/c1-15-7-5-11-18(27-2)19(15)21(12-13-21)20(24)22-28(25,26)23-14-6-9-16-8-3-4-10-17(16)23/h3-5,7-8,10-11H,6,9,12-14H2,1-2H3,(H,22,24). The van der Waals surface area contributed by atoms with Crippen molar-refractivity contribution in [3.05, 3.63) is 59.2 Å². The number of hydrogen-bond donors (Lipinski definition) is 1. The molecular weight excluding hydrogens is 376 g/mol. The fraction of sp³-hybridized carbons (Fsp3) is 0.381. The molecule has 1 heterocycles. The number of para-hydroxylation sites is 1. The molecule has 0 aromatic heterocycles. The number of hydrogen-bond acceptors (Lipinski definition) is 4. The van der Waals surface area contributed by atoms with E-state index in [0.29, 0.717) is 30.8 Å². The molecule has 1 aliphatic heterocycles. The quantitative estimate of drug-likeness (QED) is 0.837. The summed E-state index contributed by atoms with van der Waals surface area (Å²) in [6.45, 7) is 2.28. The van der Waals surface area contributed by atoms with E-state index in [1.165, 1.54) is 4.31 Å². The van der Waals surface area contributed by atoms with Crippen LogP contribution in [0.5, 0.6) is 5.75 Å². The Hall–Kier alpha value is -2.54. The van der Waals surface area contributed by atoms with Gasteiger partial charge in [0.25, 0.3) is 0 Å². The van der Waals surface area contributed by atoms with Crippen LogP contribution in [-0.4, -0.2) is 28.0 Å². The predicted molar refractivity (Wildman–Crippen MR) is 108 cm³/mol. The van der Waals surface area contributed by atoms with Gasteiger partial charge in [-0.3, -0.25) is 9.10 Å². The zero-order valence-corrected chi connectivity index (χ0v) is 16.9. The van der Waals surface area contributed by atoms with E-state index in [4.69, 9.17) is 4.74 Å². The smallest absolute Gasteiger partial charge is 0.326 e. The van der Waals surface area contributed by atoms with E-state index in [-0.39, 0.29) is 0 Å². The third-order valence-electron chi connectivity index (χ3n) is 5.70. The number of aryl methyl sites for hydroxylation is 2. The number of carbonyl (C=O) groups is 1. The average molecular weight is 401 g/mol. The zero-order valence-electron chi connectivity index (χ0n) is 16.1. The SMILES string of the molecule is COc1cccc(C)c1C1(C(=O)NS(=O)(=O)N2CCCc3ccccc32)CC1. The van der Waals surface area contributed by atoms with E-state index in [9.17, 15) is 13.2 Å². The van der Waals surface area contributed by atoms with E-state index in [0.717, 1.165) is 29.5 Å². The van der Waals surface area contributed by atoms with Gasteiger partial charge in [-0.05, 0) is 55.9 Å². The molecule has 1 fully saturated rings. The van der Waals surface area contributed by atoms with Gasteiger partial charge in [0, 0.05) is 12.1 Å². The molecular formula is C21H24N2O4S. The Morgan fingerprint density at radius 1 is 1.14 bits per heavy atom. The molecule has 0 radical (unpaired) electrons. The lowest BCUT2D eigenvalue weighted by Crippen LogP contribution is -2.48. The topological polar surface area (TPSA) is 75.7 Å². The lowest BCUT2D eigenvalue weighted by Gasteiger charge is -2.31. The Bertz CT molecular complexity index is 1030. The first-order valence-electron chi connectivity index (χ1n) is 9.46. The normalized spacial score (nSPS) is 17.6. The van der Waals surface area contributed by atoms with E-state index in [1.807, 2.05) is 43.3 Å². The highest BCUT2D eigenvalue weighted by Crippen LogP contribution is 2.53. The first-order valence-corrected chi connectivity index (χ1v) is 10.9. The van der Waals surface area contributed by atoms with Crippen LogP contribution < -0.4 is 13.8 Å². The largest absolute Gasteiger partial charge is 0.496 e. The Morgan fingerprint density at radius 3 is 2.61 bits per heavy atom. The monoisotopic (exact) mass is 400 g/mol. The van der Waals surface area contributed by atoms with Gasteiger partial charge in [0.15, 0.2) is 0 Å². The molecule has 1 saturated carbocycles. The van der Waals surface area contributed by atoms with Crippen LogP contribution in [0, 0.1) is 6.92 Å². The minimum Gasteiger partial charge on any atom is -0.496 e. The molecule has 0 atom stereocenters. The molecule has 2 aromatic carbocycles. The average Bonchev–Trinajstić information content (AvgIpc) is 3.48. The molecule has 2 aliphatic rings. The number of methoxy groups -OCH3 is 1.